The summed E-state index contributed by atoms with van der Waals surface area (Å²) in [7, 11) is 0. The van der Waals surface area contributed by atoms with Gasteiger partial charge < -0.3 is 10.0 Å². The maximum absolute atomic E-state index is 13.0. The van der Waals surface area contributed by atoms with Gasteiger partial charge in [-0.3, -0.25) is 9.59 Å². The maximum Gasteiger partial charge on any atom is 0.416 e. The lowest BCUT2D eigenvalue weighted by Gasteiger charge is -2.36. The molecule has 1 fully saturated rings. The monoisotopic (exact) mass is 397 g/mol. The van der Waals surface area contributed by atoms with Crippen LogP contribution in [-0.2, 0) is 17.1 Å². The molecule has 1 N–H and O–H groups in total. The summed E-state index contributed by atoms with van der Waals surface area (Å²) < 4.78 is 77.8. The first-order chi connectivity index (χ1) is 12.4. The Kier molecular flexibility index (Phi) is 6.06. The SMILES string of the molecule is O=C(O)CCC1CCCCN1C(=O)c1cc(C(F)(F)F)cc(C(F)(F)F)c1. The quantitative estimate of drug-likeness (QED) is 0.757. The van der Waals surface area contributed by atoms with Gasteiger partial charge in [-0.05, 0) is 43.9 Å². The number of rotatable bonds is 4. The number of alkyl halides is 6. The van der Waals surface area contributed by atoms with Gasteiger partial charge >= 0.3 is 18.3 Å². The van der Waals surface area contributed by atoms with E-state index in [9.17, 15) is 35.9 Å². The zero-order chi connectivity index (χ0) is 20.4. The van der Waals surface area contributed by atoms with Crippen LogP contribution in [0, 0.1) is 0 Å². The molecule has 1 saturated heterocycles. The van der Waals surface area contributed by atoms with Gasteiger partial charge in [0.05, 0.1) is 11.1 Å². The third-order valence-electron chi connectivity index (χ3n) is 4.41. The van der Waals surface area contributed by atoms with Gasteiger partial charge in [0.25, 0.3) is 5.91 Å². The zero-order valence-corrected chi connectivity index (χ0v) is 14.0. The van der Waals surface area contributed by atoms with Gasteiger partial charge in [-0.2, -0.15) is 26.3 Å². The number of aliphatic carboxylic acids is 1. The molecule has 1 aliphatic rings. The van der Waals surface area contributed by atoms with E-state index < -0.39 is 47.0 Å². The number of likely N-dealkylation sites (tertiary alicyclic amines) is 1. The second-order valence-corrected chi connectivity index (χ2v) is 6.38. The van der Waals surface area contributed by atoms with Crippen LogP contribution in [0.25, 0.3) is 0 Å². The molecule has 0 aromatic heterocycles. The number of carbonyl (C=O) groups excluding carboxylic acids is 1. The lowest BCUT2D eigenvalue weighted by atomic mass is 9.96. The summed E-state index contributed by atoms with van der Waals surface area (Å²) in [5, 5.41) is 8.78. The van der Waals surface area contributed by atoms with Crippen molar-refractivity contribution in [2.24, 2.45) is 0 Å². The summed E-state index contributed by atoms with van der Waals surface area (Å²) >= 11 is 0. The van der Waals surface area contributed by atoms with Crippen molar-refractivity contribution >= 4 is 11.9 Å². The summed E-state index contributed by atoms with van der Waals surface area (Å²) in [5.41, 5.74) is -3.82. The van der Waals surface area contributed by atoms with E-state index in [2.05, 4.69) is 0 Å². The Balaban J connectivity index is 2.39. The Morgan fingerprint density at radius 2 is 1.56 bits per heavy atom. The molecule has 0 saturated carbocycles. The number of carbonyl (C=O) groups is 2. The van der Waals surface area contributed by atoms with Gasteiger partial charge in [-0.15, -0.1) is 0 Å². The predicted octanol–water partition coefficient (Wildman–Crippen LogP) is 4.58. The van der Waals surface area contributed by atoms with Crippen LogP contribution in [0.3, 0.4) is 0 Å². The molecule has 0 aliphatic carbocycles. The van der Waals surface area contributed by atoms with E-state index in [4.69, 9.17) is 5.11 Å². The van der Waals surface area contributed by atoms with E-state index in [-0.39, 0.29) is 25.5 Å². The average molecular weight is 397 g/mol. The lowest BCUT2D eigenvalue weighted by molar-refractivity contribution is -0.143. The Morgan fingerprint density at radius 3 is 2.04 bits per heavy atom. The molecule has 1 unspecified atom stereocenters. The minimum atomic E-state index is -5.04. The molecule has 0 radical (unpaired) electrons. The molecule has 27 heavy (non-hydrogen) atoms. The Labute approximate surface area is 150 Å². The number of nitrogens with zero attached hydrogens (tertiary/aromatic N) is 1. The zero-order valence-electron chi connectivity index (χ0n) is 14.0. The first kappa shape index (κ1) is 21.0. The molecule has 0 bridgehead atoms. The standard InChI is InChI=1S/C17H17F6NO3/c18-16(19,20)11-7-10(8-12(9-11)17(21,22)23)15(27)24-6-2-1-3-13(24)4-5-14(25)26/h7-9,13H,1-6H2,(H,25,26). The van der Waals surface area contributed by atoms with Crippen LogP contribution < -0.4 is 0 Å². The highest BCUT2D eigenvalue weighted by Crippen LogP contribution is 2.37. The number of halogens is 6. The van der Waals surface area contributed by atoms with Crippen molar-refractivity contribution in [3.05, 3.63) is 34.9 Å². The largest absolute Gasteiger partial charge is 0.481 e. The van der Waals surface area contributed by atoms with E-state index in [1.807, 2.05) is 0 Å². The average Bonchev–Trinajstić information content (AvgIpc) is 2.57. The topological polar surface area (TPSA) is 57.6 Å². The number of hydrogen-bond acceptors (Lipinski definition) is 2. The molecule has 1 aromatic carbocycles. The number of piperidine rings is 1. The third kappa shape index (κ3) is 5.36. The highest BCUT2D eigenvalue weighted by molar-refractivity contribution is 5.95. The van der Waals surface area contributed by atoms with Gasteiger partial charge in [-0.25, -0.2) is 0 Å². The molecule has 1 amide bonds. The Bertz CT molecular complexity index is 681. The van der Waals surface area contributed by atoms with Crippen molar-refractivity contribution in [2.45, 2.75) is 50.5 Å². The highest BCUT2D eigenvalue weighted by atomic mass is 19.4. The summed E-state index contributed by atoms with van der Waals surface area (Å²) in [6, 6.07) is 0.238. The minimum absolute atomic E-state index is 0.0328. The van der Waals surface area contributed by atoms with Crippen LogP contribution in [0.4, 0.5) is 26.3 Å². The second-order valence-electron chi connectivity index (χ2n) is 6.38. The van der Waals surface area contributed by atoms with E-state index >= 15 is 0 Å². The van der Waals surface area contributed by atoms with Gasteiger partial charge in [0.15, 0.2) is 0 Å². The van der Waals surface area contributed by atoms with E-state index in [0.717, 1.165) is 0 Å². The molecule has 0 spiro atoms. The Hall–Kier alpha value is -2.26. The first-order valence-corrected chi connectivity index (χ1v) is 8.22. The van der Waals surface area contributed by atoms with Gasteiger partial charge in [0.2, 0.25) is 0 Å². The van der Waals surface area contributed by atoms with Crippen molar-refractivity contribution in [3.63, 3.8) is 0 Å². The van der Waals surface area contributed by atoms with Crippen molar-refractivity contribution in [3.8, 4) is 0 Å². The fourth-order valence-electron chi connectivity index (χ4n) is 3.10. The Morgan fingerprint density at radius 1 is 1.00 bits per heavy atom. The third-order valence-corrected chi connectivity index (χ3v) is 4.41. The maximum atomic E-state index is 13.0. The first-order valence-electron chi connectivity index (χ1n) is 8.22. The molecule has 150 valence electrons. The van der Waals surface area contributed by atoms with E-state index in [1.165, 1.54) is 4.90 Å². The molecule has 1 aromatic rings. The lowest BCUT2D eigenvalue weighted by Crippen LogP contribution is -2.44. The summed E-state index contributed by atoms with van der Waals surface area (Å²) in [4.78, 5) is 24.6. The number of carboxylic acid groups (broad SMARTS) is 1. The van der Waals surface area contributed by atoms with Gasteiger partial charge in [-0.1, -0.05) is 0 Å². The normalized spacial score (nSPS) is 18.4. The number of hydrogen-bond donors (Lipinski definition) is 1. The molecular formula is C17H17F6NO3. The summed E-state index contributed by atoms with van der Waals surface area (Å²) in [6.07, 6.45) is -8.55. The van der Waals surface area contributed by atoms with Crippen LogP contribution in [0.5, 0.6) is 0 Å². The molecular weight excluding hydrogens is 380 g/mol. The van der Waals surface area contributed by atoms with E-state index in [1.54, 1.807) is 0 Å². The van der Waals surface area contributed by atoms with Crippen LogP contribution in [0.1, 0.15) is 53.6 Å². The molecule has 10 heteroatoms. The summed E-state index contributed by atoms with van der Waals surface area (Å²) in [5.74, 6) is -2.05. The van der Waals surface area contributed by atoms with Crippen molar-refractivity contribution in [2.75, 3.05) is 6.54 Å². The van der Waals surface area contributed by atoms with Crippen molar-refractivity contribution in [1.82, 2.24) is 4.90 Å². The fourth-order valence-corrected chi connectivity index (χ4v) is 3.10. The smallest absolute Gasteiger partial charge is 0.416 e. The van der Waals surface area contributed by atoms with Gasteiger partial charge in [0, 0.05) is 24.6 Å². The van der Waals surface area contributed by atoms with Crippen LogP contribution >= 0.6 is 0 Å². The van der Waals surface area contributed by atoms with Crippen molar-refractivity contribution in [1.29, 1.82) is 0 Å². The number of benzene rings is 1. The summed E-state index contributed by atoms with van der Waals surface area (Å²) in [6.45, 7) is 0.153. The second kappa shape index (κ2) is 7.77. The minimum Gasteiger partial charge on any atom is -0.481 e. The van der Waals surface area contributed by atoms with Gasteiger partial charge in [0.1, 0.15) is 0 Å². The molecule has 4 nitrogen and oxygen atoms in total. The van der Waals surface area contributed by atoms with Crippen molar-refractivity contribution < 1.29 is 41.0 Å². The highest BCUT2D eigenvalue weighted by Gasteiger charge is 2.38. The number of carboxylic acids is 1. The molecule has 2 rings (SSSR count). The fraction of sp³-hybridized carbons (Fsp3) is 0.529. The molecule has 1 heterocycles. The molecule has 1 atom stereocenters. The number of amides is 1. The predicted molar refractivity (Wildman–Crippen MR) is 82.0 cm³/mol. The molecule has 1 aliphatic heterocycles. The van der Waals surface area contributed by atoms with Crippen LogP contribution in [0.2, 0.25) is 0 Å². The van der Waals surface area contributed by atoms with E-state index in [0.29, 0.717) is 31.4 Å². The van der Waals surface area contributed by atoms with Crippen LogP contribution in [-0.4, -0.2) is 34.5 Å². The van der Waals surface area contributed by atoms with Crippen LogP contribution in [0.15, 0.2) is 18.2 Å².